The number of amides is 1. The Morgan fingerprint density at radius 2 is 1.71 bits per heavy atom. The predicted molar refractivity (Wildman–Crippen MR) is 136 cm³/mol. The van der Waals surface area contributed by atoms with Crippen LogP contribution in [0.5, 0.6) is 0 Å². The highest BCUT2D eigenvalue weighted by Crippen LogP contribution is 2.40. The molecule has 1 aliphatic heterocycles. The second-order valence-electron chi connectivity index (χ2n) is 8.05. The Hall–Kier alpha value is -3.97. The summed E-state index contributed by atoms with van der Waals surface area (Å²) in [6, 6.07) is 28.8. The van der Waals surface area contributed by atoms with Gasteiger partial charge >= 0.3 is 0 Å². The van der Waals surface area contributed by atoms with Gasteiger partial charge in [-0.25, -0.2) is 0 Å². The molecule has 1 amide bonds. The maximum absolute atomic E-state index is 12.6. The quantitative estimate of drug-likeness (QED) is 0.357. The number of rotatable bonds is 7. The number of para-hydroxylation sites is 1. The summed E-state index contributed by atoms with van der Waals surface area (Å²) >= 11 is 5.69. The highest BCUT2D eigenvalue weighted by molar-refractivity contribution is 7.80. The zero-order valence-corrected chi connectivity index (χ0v) is 19.2. The second-order valence-corrected chi connectivity index (χ2v) is 8.44. The Labute approximate surface area is 203 Å². The van der Waals surface area contributed by atoms with Crippen molar-refractivity contribution in [3.05, 3.63) is 109 Å². The van der Waals surface area contributed by atoms with Gasteiger partial charge in [0.1, 0.15) is 17.6 Å². The molecule has 3 heterocycles. The molecule has 170 valence electrons. The van der Waals surface area contributed by atoms with Crippen molar-refractivity contribution in [2.45, 2.75) is 18.5 Å². The SMILES string of the molecule is O=C(CCN1C(=S)N[C@@H](c2ccccn2)[C@H]1c1ccc(-c2ccccc2)o1)Nc1ccccc1. The molecule has 0 spiro atoms. The summed E-state index contributed by atoms with van der Waals surface area (Å²) in [7, 11) is 0. The number of carbonyl (C=O) groups is 1. The number of hydrogen-bond acceptors (Lipinski definition) is 4. The lowest BCUT2D eigenvalue weighted by Gasteiger charge is -2.25. The van der Waals surface area contributed by atoms with E-state index in [2.05, 4.69) is 15.6 Å². The summed E-state index contributed by atoms with van der Waals surface area (Å²) in [4.78, 5) is 19.2. The number of furan rings is 1. The molecular formula is C27H24N4O2S. The largest absolute Gasteiger partial charge is 0.459 e. The fraction of sp³-hybridized carbons (Fsp3) is 0.148. The molecule has 1 fully saturated rings. The minimum absolute atomic E-state index is 0.0709. The zero-order valence-electron chi connectivity index (χ0n) is 18.4. The Morgan fingerprint density at radius 3 is 2.44 bits per heavy atom. The van der Waals surface area contributed by atoms with Crippen molar-refractivity contribution in [2.24, 2.45) is 0 Å². The first kappa shape index (κ1) is 21.9. The van der Waals surface area contributed by atoms with E-state index in [0.29, 0.717) is 11.7 Å². The van der Waals surface area contributed by atoms with E-state index in [1.807, 2.05) is 95.9 Å². The number of carbonyl (C=O) groups excluding carboxylic acids is 1. The van der Waals surface area contributed by atoms with E-state index in [1.165, 1.54) is 0 Å². The number of hydrogen-bond donors (Lipinski definition) is 2. The highest BCUT2D eigenvalue weighted by Gasteiger charge is 2.41. The van der Waals surface area contributed by atoms with Crippen LogP contribution in [0.3, 0.4) is 0 Å². The van der Waals surface area contributed by atoms with Crippen LogP contribution >= 0.6 is 12.2 Å². The summed E-state index contributed by atoms with van der Waals surface area (Å²) in [5, 5.41) is 6.91. The fourth-order valence-electron chi connectivity index (χ4n) is 4.19. The molecule has 2 N–H and O–H groups in total. The molecule has 2 aromatic carbocycles. The van der Waals surface area contributed by atoms with Crippen molar-refractivity contribution < 1.29 is 9.21 Å². The maximum Gasteiger partial charge on any atom is 0.226 e. The Balaban J connectivity index is 1.40. The smallest absolute Gasteiger partial charge is 0.226 e. The van der Waals surface area contributed by atoms with Crippen LogP contribution in [0.25, 0.3) is 11.3 Å². The monoisotopic (exact) mass is 468 g/mol. The van der Waals surface area contributed by atoms with Crippen LogP contribution in [0.1, 0.15) is 30.0 Å². The number of nitrogens with one attached hydrogen (secondary N) is 2. The van der Waals surface area contributed by atoms with Gasteiger partial charge < -0.3 is 20.0 Å². The molecule has 2 atom stereocenters. The van der Waals surface area contributed by atoms with Gasteiger partial charge in [-0.05, 0) is 48.6 Å². The molecule has 0 bridgehead atoms. The third-order valence-electron chi connectivity index (χ3n) is 5.81. The molecular weight excluding hydrogens is 444 g/mol. The van der Waals surface area contributed by atoms with E-state index in [4.69, 9.17) is 16.6 Å². The Morgan fingerprint density at radius 1 is 0.971 bits per heavy atom. The Bertz CT molecular complexity index is 1260. The zero-order chi connectivity index (χ0) is 23.3. The van der Waals surface area contributed by atoms with E-state index in [9.17, 15) is 4.79 Å². The molecule has 1 saturated heterocycles. The molecule has 34 heavy (non-hydrogen) atoms. The number of pyridine rings is 1. The number of benzene rings is 2. The molecule has 2 aromatic heterocycles. The molecule has 0 aliphatic carbocycles. The first-order valence-electron chi connectivity index (χ1n) is 11.2. The first-order chi connectivity index (χ1) is 16.7. The van der Waals surface area contributed by atoms with E-state index in [-0.39, 0.29) is 24.4 Å². The van der Waals surface area contributed by atoms with Gasteiger partial charge in [0.25, 0.3) is 0 Å². The summed E-state index contributed by atoms with van der Waals surface area (Å²) in [5.41, 5.74) is 2.64. The maximum atomic E-state index is 12.6. The van der Waals surface area contributed by atoms with Gasteiger partial charge in [-0.15, -0.1) is 0 Å². The van der Waals surface area contributed by atoms with Crippen LogP contribution in [-0.4, -0.2) is 27.4 Å². The van der Waals surface area contributed by atoms with Crippen molar-refractivity contribution in [3.8, 4) is 11.3 Å². The minimum atomic E-state index is -0.232. The molecule has 7 heteroatoms. The molecule has 1 aliphatic rings. The van der Waals surface area contributed by atoms with Gasteiger partial charge in [0, 0.05) is 30.4 Å². The summed E-state index contributed by atoms with van der Waals surface area (Å²) < 4.78 is 6.32. The third kappa shape index (κ3) is 4.70. The van der Waals surface area contributed by atoms with Gasteiger partial charge in [-0.3, -0.25) is 9.78 Å². The minimum Gasteiger partial charge on any atom is -0.459 e. The Kier molecular flexibility index (Phi) is 6.35. The number of thiocarbonyl (C=S) groups is 1. The molecule has 4 aromatic rings. The first-order valence-corrected chi connectivity index (χ1v) is 11.6. The van der Waals surface area contributed by atoms with Crippen LogP contribution in [0.15, 0.2) is 102 Å². The normalized spacial score (nSPS) is 17.4. The van der Waals surface area contributed by atoms with Gasteiger partial charge in [-0.1, -0.05) is 54.6 Å². The molecule has 0 unspecified atom stereocenters. The lowest BCUT2D eigenvalue weighted by atomic mass is 10.0. The lowest BCUT2D eigenvalue weighted by molar-refractivity contribution is -0.116. The van der Waals surface area contributed by atoms with E-state index >= 15 is 0 Å². The van der Waals surface area contributed by atoms with E-state index in [0.717, 1.165) is 28.5 Å². The van der Waals surface area contributed by atoms with E-state index < -0.39 is 0 Å². The number of anilines is 1. The number of aromatic nitrogens is 1. The van der Waals surface area contributed by atoms with Crippen LogP contribution in [0.4, 0.5) is 5.69 Å². The summed E-state index contributed by atoms with van der Waals surface area (Å²) in [6.07, 6.45) is 2.05. The second kappa shape index (κ2) is 9.89. The van der Waals surface area contributed by atoms with Crippen molar-refractivity contribution in [1.29, 1.82) is 0 Å². The lowest BCUT2D eigenvalue weighted by Crippen LogP contribution is -2.32. The van der Waals surface area contributed by atoms with Crippen molar-refractivity contribution in [2.75, 3.05) is 11.9 Å². The third-order valence-corrected chi connectivity index (χ3v) is 6.16. The molecule has 0 radical (unpaired) electrons. The average Bonchev–Trinajstić information content (AvgIpc) is 3.49. The van der Waals surface area contributed by atoms with Gasteiger partial charge in [-0.2, -0.15) is 0 Å². The average molecular weight is 469 g/mol. The highest BCUT2D eigenvalue weighted by atomic mass is 32.1. The fourth-order valence-corrected chi connectivity index (χ4v) is 4.52. The van der Waals surface area contributed by atoms with Crippen molar-refractivity contribution >= 4 is 28.9 Å². The summed E-state index contributed by atoms with van der Waals surface area (Å²) in [5.74, 6) is 1.48. The standard InChI is InChI=1S/C27H24N4O2S/c32-24(29-20-11-5-2-6-12-20)16-18-31-26(25(30-27(31)34)21-13-7-8-17-28-21)23-15-14-22(33-23)19-9-3-1-4-10-19/h1-15,17,25-26H,16,18H2,(H,29,32)(H,30,34)/t25-,26+/m0/s1. The van der Waals surface area contributed by atoms with Gasteiger partial charge in [0.2, 0.25) is 5.91 Å². The molecule has 5 rings (SSSR count). The predicted octanol–water partition coefficient (Wildman–Crippen LogP) is 5.34. The topological polar surface area (TPSA) is 70.4 Å². The van der Waals surface area contributed by atoms with Crippen LogP contribution < -0.4 is 10.6 Å². The number of nitrogens with zero attached hydrogens (tertiary/aromatic N) is 2. The summed E-state index contributed by atoms with van der Waals surface area (Å²) in [6.45, 7) is 0.444. The van der Waals surface area contributed by atoms with Gasteiger partial charge in [0.05, 0.1) is 11.7 Å². The van der Waals surface area contributed by atoms with Crippen LogP contribution in [0.2, 0.25) is 0 Å². The van der Waals surface area contributed by atoms with Crippen molar-refractivity contribution in [3.63, 3.8) is 0 Å². The van der Waals surface area contributed by atoms with Crippen LogP contribution in [-0.2, 0) is 4.79 Å². The van der Waals surface area contributed by atoms with Crippen molar-refractivity contribution in [1.82, 2.24) is 15.2 Å². The molecule has 0 saturated carbocycles. The van der Waals surface area contributed by atoms with Crippen LogP contribution in [0, 0.1) is 0 Å². The van der Waals surface area contributed by atoms with Gasteiger partial charge in [0.15, 0.2) is 5.11 Å². The van der Waals surface area contributed by atoms with E-state index in [1.54, 1.807) is 6.20 Å². The molecule has 6 nitrogen and oxygen atoms in total.